The number of hydrogen-bond donors (Lipinski definition) is 0. The summed E-state index contributed by atoms with van der Waals surface area (Å²) in [6, 6.07) is 0. The van der Waals surface area contributed by atoms with Crippen LogP contribution in [0.5, 0.6) is 0 Å². The van der Waals surface area contributed by atoms with Gasteiger partial charge in [0.05, 0.1) is 6.54 Å². The van der Waals surface area contributed by atoms with E-state index < -0.39 is 4.92 Å². The number of aryl methyl sites for hydroxylation is 1. The third kappa shape index (κ3) is 1.97. The Morgan fingerprint density at radius 3 is 3.00 bits per heavy atom. The van der Waals surface area contributed by atoms with Gasteiger partial charge in [0, 0.05) is 10.4 Å². The molecule has 11 heavy (non-hydrogen) atoms. The molecule has 0 saturated carbocycles. The van der Waals surface area contributed by atoms with Crippen LogP contribution in [0.3, 0.4) is 0 Å². The molecule has 1 rings (SSSR count). The Morgan fingerprint density at radius 1 is 1.82 bits per heavy atom. The van der Waals surface area contributed by atoms with Gasteiger partial charge in [-0.05, 0) is 4.92 Å². The van der Waals surface area contributed by atoms with Gasteiger partial charge in [0.15, 0.2) is 0 Å². The molecule has 0 saturated heterocycles. The minimum absolute atomic E-state index is 0.356. The van der Waals surface area contributed by atoms with Crippen LogP contribution in [0.25, 0.3) is 0 Å². The maximum Gasteiger partial charge on any atom is 0.490 e. The minimum atomic E-state index is -0.620. The zero-order valence-electron chi connectivity index (χ0n) is 5.47. The third-order valence-electron chi connectivity index (χ3n) is 1.00. The summed E-state index contributed by atoms with van der Waals surface area (Å²) in [6.45, 7) is 0.584. The molecule has 0 bridgehead atoms. The number of alkyl halides is 1. The Bertz CT molecular complexity index is 260. The highest BCUT2D eigenvalue weighted by atomic mass is 79.9. The van der Waals surface area contributed by atoms with E-state index >= 15 is 0 Å². The molecule has 7 heteroatoms. The Hall–Kier alpha value is -0.980. The lowest BCUT2D eigenvalue weighted by Gasteiger charge is -1.86. The van der Waals surface area contributed by atoms with E-state index in [1.807, 2.05) is 0 Å². The first-order valence-corrected chi connectivity index (χ1v) is 3.96. The quantitative estimate of drug-likeness (QED) is 0.425. The van der Waals surface area contributed by atoms with Crippen molar-refractivity contribution in [3.05, 3.63) is 16.4 Å². The van der Waals surface area contributed by atoms with Gasteiger partial charge >= 0.3 is 5.95 Å². The standard InChI is InChI=1S/C4H5BrN4O2/c5-1-2-8-3-6-4(7-8)9(10)11/h3H,1-2H2. The van der Waals surface area contributed by atoms with Crippen molar-refractivity contribution in [2.24, 2.45) is 0 Å². The molecule has 6 nitrogen and oxygen atoms in total. The van der Waals surface area contributed by atoms with E-state index in [0.717, 1.165) is 0 Å². The summed E-state index contributed by atoms with van der Waals surface area (Å²) >= 11 is 3.17. The average molecular weight is 221 g/mol. The summed E-state index contributed by atoms with van der Waals surface area (Å²) in [5.74, 6) is -0.356. The van der Waals surface area contributed by atoms with Crippen LogP contribution in [-0.2, 0) is 6.54 Å². The predicted octanol–water partition coefficient (Wildman–Crippen LogP) is 0.581. The second-order valence-corrected chi connectivity index (χ2v) is 2.55. The second-order valence-electron chi connectivity index (χ2n) is 1.75. The molecule has 60 valence electrons. The molecule has 0 fully saturated rings. The van der Waals surface area contributed by atoms with E-state index in [1.54, 1.807) is 0 Å². The number of hydrogen-bond acceptors (Lipinski definition) is 4. The highest BCUT2D eigenvalue weighted by molar-refractivity contribution is 9.09. The number of nitro groups is 1. The van der Waals surface area contributed by atoms with Crippen molar-refractivity contribution in [3.8, 4) is 0 Å². The van der Waals surface area contributed by atoms with Crippen molar-refractivity contribution in [1.29, 1.82) is 0 Å². The van der Waals surface area contributed by atoms with Gasteiger partial charge in [0.25, 0.3) is 0 Å². The lowest BCUT2D eigenvalue weighted by Crippen LogP contribution is -2.00. The van der Waals surface area contributed by atoms with Crippen molar-refractivity contribution >= 4 is 21.9 Å². The van der Waals surface area contributed by atoms with E-state index in [1.165, 1.54) is 11.0 Å². The lowest BCUT2D eigenvalue weighted by atomic mass is 10.8. The maximum absolute atomic E-state index is 10.1. The zero-order chi connectivity index (χ0) is 8.27. The second kappa shape index (κ2) is 3.42. The van der Waals surface area contributed by atoms with Crippen LogP contribution in [0.1, 0.15) is 0 Å². The van der Waals surface area contributed by atoms with Gasteiger partial charge in [-0.1, -0.05) is 20.9 Å². The summed E-state index contributed by atoms with van der Waals surface area (Å²) < 4.78 is 1.41. The number of halogens is 1. The number of nitrogens with zero attached hydrogens (tertiary/aromatic N) is 4. The molecule has 0 aliphatic rings. The normalized spacial score (nSPS) is 9.91. The monoisotopic (exact) mass is 220 g/mol. The molecule has 0 aliphatic carbocycles. The largest absolute Gasteiger partial charge is 0.490 e. The molecule has 1 heterocycles. The summed E-state index contributed by atoms with van der Waals surface area (Å²) in [7, 11) is 0. The molecule has 0 aromatic carbocycles. The molecular weight excluding hydrogens is 216 g/mol. The first kappa shape index (κ1) is 8.12. The molecule has 1 aromatic heterocycles. The first-order chi connectivity index (χ1) is 5.24. The number of aromatic nitrogens is 3. The van der Waals surface area contributed by atoms with Crippen LogP contribution in [-0.4, -0.2) is 25.0 Å². The fraction of sp³-hybridized carbons (Fsp3) is 0.500. The van der Waals surface area contributed by atoms with E-state index in [0.29, 0.717) is 11.9 Å². The van der Waals surface area contributed by atoms with Crippen LogP contribution in [0.2, 0.25) is 0 Å². The van der Waals surface area contributed by atoms with Crippen molar-refractivity contribution < 1.29 is 4.92 Å². The first-order valence-electron chi connectivity index (χ1n) is 2.84. The molecule has 0 spiro atoms. The minimum Gasteiger partial charge on any atom is -0.390 e. The fourth-order valence-electron chi connectivity index (χ4n) is 0.563. The Labute approximate surface area is 70.5 Å². The maximum atomic E-state index is 10.1. The van der Waals surface area contributed by atoms with Crippen molar-refractivity contribution in [3.63, 3.8) is 0 Å². The Kier molecular flexibility index (Phi) is 2.53. The van der Waals surface area contributed by atoms with Crippen molar-refractivity contribution in [2.45, 2.75) is 6.54 Å². The fourth-order valence-corrected chi connectivity index (χ4v) is 0.926. The molecular formula is C4H5BrN4O2. The van der Waals surface area contributed by atoms with Gasteiger partial charge in [-0.3, -0.25) is 0 Å². The Balaban J connectivity index is 2.73. The molecule has 0 unspecified atom stereocenters. The van der Waals surface area contributed by atoms with Crippen molar-refractivity contribution in [2.75, 3.05) is 5.33 Å². The zero-order valence-corrected chi connectivity index (χ0v) is 7.06. The van der Waals surface area contributed by atoms with E-state index in [4.69, 9.17) is 0 Å². The summed E-state index contributed by atoms with van der Waals surface area (Å²) in [5, 5.41) is 14.4. The molecule has 0 amide bonds. The van der Waals surface area contributed by atoms with E-state index in [2.05, 4.69) is 26.0 Å². The van der Waals surface area contributed by atoms with Gasteiger partial charge in [0.1, 0.15) is 0 Å². The third-order valence-corrected chi connectivity index (χ3v) is 1.36. The van der Waals surface area contributed by atoms with Crippen molar-refractivity contribution in [1.82, 2.24) is 14.8 Å². The highest BCUT2D eigenvalue weighted by Crippen LogP contribution is 1.99. The van der Waals surface area contributed by atoms with Gasteiger partial charge in [-0.15, -0.1) is 0 Å². The van der Waals surface area contributed by atoms with Gasteiger partial charge < -0.3 is 10.1 Å². The van der Waals surface area contributed by atoms with E-state index in [9.17, 15) is 10.1 Å². The topological polar surface area (TPSA) is 73.8 Å². The number of rotatable bonds is 3. The van der Waals surface area contributed by atoms with Gasteiger partial charge in [0.2, 0.25) is 6.33 Å². The summed E-state index contributed by atoms with van der Waals surface area (Å²) in [5.41, 5.74) is 0. The van der Waals surface area contributed by atoms with Crippen LogP contribution >= 0.6 is 15.9 Å². The van der Waals surface area contributed by atoms with E-state index in [-0.39, 0.29) is 5.95 Å². The van der Waals surface area contributed by atoms with Crippen LogP contribution in [0.15, 0.2) is 6.33 Å². The summed E-state index contributed by atoms with van der Waals surface area (Å²) in [6.07, 6.45) is 1.33. The average Bonchev–Trinajstić information content (AvgIpc) is 2.37. The molecule has 1 aromatic rings. The highest BCUT2D eigenvalue weighted by Gasteiger charge is 2.11. The van der Waals surface area contributed by atoms with Crippen LogP contribution in [0, 0.1) is 10.1 Å². The van der Waals surface area contributed by atoms with Gasteiger partial charge in [-0.2, -0.15) is 4.68 Å². The SMILES string of the molecule is O=[N+]([O-])c1ncn(CCBr)n1. The lowest BCUT2D eigenvalue weighted by molar-refractivity contribution is -0.394. The molecule has 0 atom stereocenters. The molecule has 0 radical (unpaired) electrons. The Morgan fingerprint density at radius 2 is 2.55 bits per heavy atom. The smallest absolute Gasteiger partial charge is 0.390 e. The van der Waals surface area contributed by atoms with Crippen LogP contribution in [0.4, 0.5) is 5.95 Å². The predicted molar refractivity (Wildman–Crippen MR) is 40.5 cm³/mol. The summed E-state index contributed by atoms with van der Waals surface area (Å²) in [4.78, 5) is 12.9. The van der Waals surface area contributed by atoms with Crippen LogP contribution < -0.4 is 0 Å². The molecule has 0 aliphatic heterocycles. The molecule has 0 N–H and O–H groups in total. The van der Waals surface area contributed by atoms with Gasteiger partial charge in [-0.25, -0.2) is 0 Å².